The minimum Gasteiger partial charge on any atom is -0.493 e. The Kier molecular flexibility index (Phi) is 4.12. The van der Waals surface area contributed by atoms with Crippen molar-refractivity contribution in [3.05, 3.63) is 52.8 Å². The number of hydrogen-bond acceptors (Lipinski definition) is 4. The van der Waals surface area contributed by atoms with Gasteiger partial charge in [0.2, 0.25) is 0 Å². The Morgan fingerprint density at radius 1 is 1.05 bits per heavy atom. The number of benzene rings is 2. The Bertz CT molecular complexity index is 698. The Hall–Kier alpha value is -2.56. The van der Waals surface area contributed by atoms with Gasteiger partial charge in [-0.2, -0.15) is 0 Å². The molecule has 2 aromatic carbocycles. The van der Waals surface area contributed by atoms with Gasteiger partial charge in [0.15, 0.2) is 17.3 Å². The fourth-order valence-electron chi connectivity index (χ4n) is 2.11. The molecule has 21 heavy (non-hydrogen) atoms. The van der Waals surface area contributed by atoms with Crippen molar-refractivity contribution >= 4 is 11.5 Å². The molecule has 0 aromatic heterocycles. The van der Waals surface area contributed by atoms with Gasteiger partial charge in [-0.05, 0) is 42.8 Å². The largest absolute Gasteiger partial charge is 0.493 e. The predicted octanol–water partition coefficient (Wildman–Crippen LogP) is 2.96. The van der Waals surface area contributed by atoms with Gasteiger partial charge in [-0.25, -0.2) is 4.39 Å². The highest BCUT2D eigenvalue weighted by Crippen LogP contribution is 2.32. The number of aryl methyl sites for hydroxylation is 1. The van der Waals surface area contributed by atoms with E-state index in [0.717, 1.165) is 11.6 Å². The number of rotatable bonds is 4. The second-order valence-electron chi connectivity index (χ2n) is 4.58. The summed E-state index contributed by atoms with van der Waals surface area (Å²) in [6, 6.07) is 7.03. The summed E-state index contributed by atoms with van der Waals surface area (Å²) >= 11 is 0. The highest BCUT2D eigenvalue weighted by Gasteiger charge is 2.18. The van der Waals surface area contributed by atoms with Crippen molar-refractivity contribution in [3.8, 4) is 11.5 Å². The van der Waals surface area contributed by atoms with Crippen molar-refractivity contribution < 1.29 is 18.7 Å². The molecule has 0 bridgehead atoms. The standard InChI is InChI=1S/C16H16FNO3/c1-9-6-14(20-2)15(21-3)8-12(9)16(19)11-5-4-10(17)7-13(11)18/h4-8H,18H2,1-3H3. The third kappa shape index (κ3) is 2.81. The van der Waals surface area contributed by atoms with Gasteiger partial charge in [-0.3, -0.25) is 4.79 Å². The zero-order valence-electron chi connectivity index (χ0n) is 12.1. The quantitative estimate of drug-likeness (QED) is 0.694. The molecule has 5 heteroatoms. The molecule has 2 aromatic rings. The lowest BCUT2D eigenvalue weighted by molar-refractivity contribution is 0.103. The summed E-state index contributed by atoms with van der Waals surface area (Å²) < 4.78 is 23.5. The van der Waals surface area contributed by atoms with Gasteiger partial charge in [0.05, 0.1) is 14.2 Å². The van der Waals surface area contributed by atoms with Crippen LogP contribution in [0.1, 0.15) is 21.5 Å². The summed E-state index contributed by atoms with van der Waals surface area (Å²) in [5, 5.41) is 0. The second kappa shape index (κ2) is 5.83. The number of carbonyl (C=O) groups excluding carboxylic acids is 1. The predicted molar refractivity (Wildman–Crippen MR) is 78.5 cm³/mol. The second-order valence-corrected chi connectivity index (χ2v) is 4.58. The molecule has 0 atom stereocenters. The average Bonchev–Trinajstić information content (AvgIpc) is 2.46. The van der Waals surface area contributed by atoms with Crippen molar-refractivity contribution in [1.82, 2.24) is 0 Å². The van der Waals surface area contributed by atoms with Gasteiger partial charge in [0, 0.05) is 16.8 Å². The van der Waals surface area contributed by atoms with Gasteiger partial charge in [0.1, 0.15) is 5.82 Å². The first-order valence-electron chi connectivity index (χ1n) is 6.30. The van der Waals surface area contributed by atoms with Crippen LogP contribution in [0.15, 0.2) is 30.3 Å². The molecular weight excluding hydrogens is 273 g/mol. The van der Waals surface area contributed by atoms with Crippen LogP contribution < -0.4 is 15.2 Å². The topological polar surface area (TPSA) is 61.5 Å². The van der Waals surface area contributed by atoms with E-state index in [1.807, 2.05) is 0 Å². The lowest BCUT2D eigenvalue weighted by Gasteiger charge is -2.13. The molecule has 110 valence electrons. The van der Waals surface area contributed by atoms with Crippen LogP contribution in [0.25, 0.3) is 0 Å². The van der Waals surface area contributed by atoms with E-state index in [-0.39, 0.29) is 17.0 Å². The Labute approximate surface area is 122 Å². The molecule has 0 aliphatic rings. The molecule has 2 N–H and O–H groups in total. The van der Waals surface area contributed by atoms with Crippen LogP contribution in [-0.4, -0.2) is 20.0 Å². The summed E-state index contributed by atoms with van der Waals surface area (Å²) in [5.74, 6) is 0.227. The van der Waals surface area contributed by atoms with E-state index in [1.54, 1.807) is 19.1 Å². The summed E-state index contributed by atoms with van der Waals surface area (Å²) in [7, 11) is 3.02. The molecule has 0 aliphatic heterocycles. The average molecular weight is 289 g/mol. The third-order valence-electron chi connectivity index (χ3n) is 3.23. The highest BCUT2D eigenvalue weighted by molar-refractivity contribution is 6.13. The number of anilines is 1. The van der Waals surface area contributed by atoms with Crippen LogP contribution in [-0.2, 0) is 0 Å². The number of carbonyl (C=O) groups is 1. The molecule has 0 amide bonds. The molecule has 0 radical (unpaired) electrons. The van der Waals surface area contributed by atoms with Crippen molar-refractivity contribution in [2.45, 2.75) is 6.92 Å². The smallest absolute Gasteiger partial charge is 0.195 e. The molecule has 2 rings (SSSR count). The molecular formula is C16H16FNO3. The van der Waals surface area contributed by atoms with Crippen LogP contribution in [0.2, 0.25) is 0 Å². The first-order chi connectivity index (χ1) is 9.97. The summed E-state index contributed by atoms with van der Waals surface area (Å²) in [5.41, 5.74) is 7.24. The minimum absolute atomic E-state index is 0.106. The van der Waals surface area contributed by atoms with E-state index in [0.29, 0.717) is 17.1 Å². The summed E-state index contributed by atoms with van der Waals surface area (Å²) in [4.78, 5) is 12.6. The van der Waals surface area contributed by atoms with Crippen molar-refractivity contribution in [2.75, 3.05) is 20.0 Å². The normalized spacial score (nSPS) is 10.3. The first-order valence-corrected chi connectivity index (χ1v) is 6.30. The Balaban J connectivity index is 2.53. The van der Waals surface area contributed by atoms with Crippen LogP contribution in [0.3, 0.4) is 0 Å². The van der Waals surface area contributed by atoms with Gasteiger partial charge < -0.3 is 15.2 Å². The van der Waals surface area contributed by atoms with Gasteiger partial charge in [-0.1, -0.05) is 0 Å². The van der Waals surface area contributed by atoms with Crippen LogP contribution in [0.5, 0.6) is 11.5 Å². The zero-order chi connectivity index (χ0) is 15.6. The molecule has 0 unspecified atom stereocenters. The fourth-order valence-corrected chi connectivity index (χ4v) is 2.11. The van der Waals surface area contributed by atoms with Gasteiger partial charge in [-0.15, -0.1) is 0 Å². The molecule has 4 nitrogen and oxygen atoms in total. The molecule has 0 aliphatic carbocycles. The van der Waals surface area contributed by atoms with E-state index in [2.05, 4.69) is 0 Å². The third-order valence-corrected chi connectivity index (χ3v) is 3.23. The SMILES string of the molecule is COc1cc(C)c(C(=O)c2ccc(F)cc2N)cc1OC. The number of nitrogens with two attached hydrogens (primary N) is 1. The summed E-state index contributed by atoms with van der Waals surface area (Å²) in [6.45, 7) is 1.79. The maximum Gasteiger partial charge on any atom is 0.195 e. The van der Waals surface area contributed by atoms with Crippen LogP contribution in [0, 0.1) is 12.7 Å². The summed E-state index contributed by atoms with van der Waals surface area (Å²) in [6.07, 6.45) is 0. The van der Waals surface area contributed by atoms with E-state index in [1.165, 1.54) is 26.4 Å². The fraction of sp³-hybridized carbons (Fsp3) is 0.188. The number of ether oxygens (including phenoxy) is 2. The molecule has 0 saturated carbocycles. The molecule has 0 spiro atoms. The number of hydrogen-bond donors (Lipinski definition) is 1. The van der Waals surface area contributed by atoms with Crippen LogP contribution >= 0.6 is 0 Å². The van der Waals surface area contributed by atoms with Gasteiger partial charge in [0.25, 0.3) is 0 Å². The molecule has 0 saturated heterocycles. The van der Waals surface area contributed by atoms with E-state index in [9.17, 15) is 9.18 Å². The van der Waals surface area contributed by atoms with Crippen molar-refractivity contribution in [2.24, 2.45) is 0 Å². The van der Waals surface area contributed by atoms with Crippen molar-refractivity contribution in [3.63, 3.8) is 0 Å². The Morgan fingerprint density at radius 3 is 2.24 bits per heavy atom. The van der Waals surface area contributed by atoms with E-state index < -0.39 is 5.82 Å². The minimum atomic E-state index is -0.479. The number of methoxy groups -OCH3 is 2. The maximum atomic E-state index is 13.1. The van der Waals surface area contributed by atoms with E-state index >= 15 is 0 Å². The number of nitrogen functional groups attached to an aromatic ring is 1. The zero-order valence-corrected chi connectivity index (χ0v) is 12.1. The van der Waals surface area contributed by atoms with Gasteiger partial charge >= 0.3 is 0 Å². The monoisotopic (exact) mass is 289 g/mol. The van der Waals surface area contributed by atoms with Crippen molar-refractivity contribution in [1.29, 1.82) is 0 Å². The lowest BCUT2D eigenvalue weighted by atomic mass is 9.97. The lowest BCUT2D eigenvalue weighted by Crippen LogP contribution is -2.08. The molecule has 0 fully saturated rings. The molecule has 0 heterocycles. The van der Waals surface area contributed by atoms with Crippen LogP contribution in [0.4, 0.5) is 10.1 Å². The number of halogens is 1. The highest BCUT2D eigenvalue weighted by atomic mass is 19.1. The first kappa shape index (κ1) is 14.8. The number of ketones is 1. The van der Waals surface area contributed by atoms with E-state index in [4.69, 9.17) is 15.2 Å². The Morgan fingerprint density at radius 2 is 1.67 bits per heavy atom. The maximum absolute atomic E-state index is 13.1.